The molecule has 0 atom stereocenters. The van der Waals surface area contributed by atoms with Crippen molar-refractivity contribution in [3.8, 4) is 0 Å². The van der Waals surface area contributed by atoms with E-state index >= 15 is 0 Å². The van der Waals surface area contributed by atoms with Crippen molar-refractivity contribution in [3.63, 3.8) is 0 Å². The molecule has 0 radical (unpaired) electrons. The number of rotatable bonds is 5. The summed E-state index contributed by atoms with van der Waals surface area (Å²) in [7, 11) is 0. The van der Waals surface area contributed by atoms with Crippen LogP contribution in [0.1, 0.15) is 40.1 Å². The van der Waals surface area contributed by atoms with Gasteiger partial charge < -0.3 is 0 Å². The molecule has 3 nitrogen and oxygen atoms in total. The van der Waals surface area contributed by atoms with Crippen molar-refractivity contribution >= 4 is 23.1 Å². The van der Waals surface area contributed by atoms with Gasteiger partial charge in [0.2, 0.25) is 0 Å². The smallest absolute Gasteiger partial charge is 0.291 e. The summed E-state index contributed by atoms with van der Waals surface area (Å²) in [6, 6.07) is 12.7. The summed E-state index contributed by atoms with van der Waals surface area (Å²) in [6.45, 7) is 2.75. The van der Waals surface area contributed by atoms with E-state index in [2.05, 4.69) is 47.6 Å². The first kappa shape index (κ1) is 17.6. The Balaban J connectivity index is 1.64. The Labute approximate surface area is 162 Å². The van der Waals surface area contributed by atoms with E-state index in [4.69, 9.17) is 0 Å². The SMILES string of the molecule is Cc1ccc(CSc2nc(=O)n(Cc3cccs3)c3c2CCCC3)cc1. The number of thiophene rings is 1. The molecule has 1 aliphatic rings. The molecule has 0 N–H and O–H groups in total. The molecule has 26 heavy (non-hydrogen) atoms. The first-order valence-corrected chi connectivity index (χ1v) is 10.9. The second-order valence-corrected chi connectivity index (χ2v) is 8.77. The number of hydrogen-bond acceptors (Lipinski definition) is 4. The van der Waals surface area contributed by atoms with Gasteiger partial charge in [0.1, 0.15) is 5.03 Å². The normalized spacial score (nSPS) is 13.6. The Morgan fingerprint density at radius 1 is 1.15 bits per heavy atom. The van der Waals surface area contributed by atoms with Gasteiger partial charge in [0.05, 0.1) is 6.54 Å². The maximum Gasteiger partial charge on any atom is 0.349 e. The molecule has 0 amide bonds. The van der Waals surface area contributed by atoms with E-state index in [1.165, 1.54) is 33.7 Å². The van der Waals surface area contributed by atoms with Crippen LogP contribution >= 0.6 is 23.1 Å². The molecule has 1 aliphatic carbocycles. The van der Waals surface area contributed by atoms with Crippen LogP contribution in [0.3, 0.4) is 0 Å². The lowest BCUT2D eigenvalue weighted by molar-refractivity contribution is 0.571. The van der Waals surface area contributed by atoms with Gasteiger partial charge in [-0.3, -0.25) is 4.57 Å². The van der Waals surface area contributed by atoms with Crippen molar-refractivity contribution in [2.75, 3.05) is 0 Å². The van der Waals surface area contributed by atoms with E-state index in [0.29, 0.717) is 6.54 Å². The topological polar surface area (TPSA) is 34.9 Å². The standard InChI is InChI=1S/C21H22N2OS2/c1-15-8-10-16(11-9-15)14-26-20-18-6-2-3-7-19(18)23(21(24)22-20)13-17-5-4-12-25-17/h4-5,8-12H,2-3,6-7,13-14H2,1H3. The predicted molar refractivity (Wildman–Crippen MR) is 109 cm³/mol. The average molecular weight is 383 g/mol. The molecule has 0 fully saturated rings. The zero-order valence-electron chi connectivity index (χ0n) is 14.9. The third-order valence-electron chi connectivity index (χ3n) is 4.84. The molecule has 1 aromatic carbocycles. The maximum absolute atomic E-state index is 12.7. The van der Waals surface area contributed by atoms with Gasteiger partial charge in [-0.2, -0.15) is 4.98 Å². The monoisotopic (exact) mass is 382 g/mol. The summed E-state index contributed by atoms with van der Waals surface area (Å²) in [5, 5.41) is 3.00. The van der Waals surface area contributed by atoms with Gasteiger partial charge in [0.15, 0.2) is 0 Å². The molecule has 0 saturated carbocycles. The first-order valence-electron chi connectivity index (χ1n) is 9.04. The van der Waals surface area contributed by atoms with Gasteiger partial charge in [-0.25, -0.2) is 4.79 Å². The van der Waals surface area contributed by atoms with Crippen LogP contribution in [-0.4, -0.2) is 9.55 Å². The molecule has 0 unspecified atom stereocenters. The Hall–Kier alpha value is -1.85. The molecule has 4 rings (SSSR count). The molecule has 0 aliphatic heterocycles. The largest absolute Gasteiger partial charge is 0.349 e. The number of aromatic nitrogens is 2. The predicted octanol–water partition coefficient (Wildman–Crippen LogP) is 4.83. The quantitative estimate of drug-likeness (QED) is 0.468. The van der Waals surface area contributed by atoms with Crippen molar-refractivity contribution in [2.45, 2.75) is 49.9 Å². The molecular formula is C21H22N2OS2. The third-order valence-corrected chi connectivity index (χ3v) is 6.79. The Morgan fingerprint density at radius 3 is 2.73 bits per heavy atom. The minimum absolute atomic E-state index is 0.106. The Kier molecular flexibility index (Phi) is 5.27. The van der Waals surface area contributed by atoms with Crippen LogP contribution in [0.25, 0.3) is 0 Å². The second-order valence-electron chi connectivity index (χ2n) is 6.77. The molecule has 2 heterocycles. The van der Waals surface area contributed by atoms with Crippen molar-refractivity contribution < 1.29 is 0 Å². The highest BCUT2D eigenvalue weighted by Gasteiger charge is 2.20. The highest BCUT2D eigenvalue weighted by atomic mass is 32.2. The molecule has 0 spiro atoms. The molecular weight excluding hydrogens is 360 g/mol. The van der Waals surface area contributed by atoms with E-state index in [0.717, 1.165) is 30.0 Å². The first-order chi connectivity index (χ1) is 12.7. The van der Waals surface area contributed by atoms with Crippen LogP contribution < -0.4 is 5.69 Å². The maximum atomic E-state index is 12.7. The molecule has 0 bridgehead atoms. The highest BCUT2D eigenvalue weighted by Crippen LogP contribution is 2.30. The van der Waals surface area contributed by atoms with E-state index in [9.17, 15) is 4.79 Å². The number of thioether (sulfide) groups is 1. The van der Waals surface area contributed by atoms with Crippen LogP contribution in [0.4, 0.5) is 0 Å². The lowest BCUT2D eigenvalue weighted by atomic mass is 9.97. The van der Waals surface area contributed by atoms with E-state index in [-0.39, 0.29) is 5.69 Å². The minimum Gasteiger partial charge on any atom is -0.291 e. The lowest BCUT2D eigenvalue weighted by Crippen LogP contribution is -2.30. The Morgan fingerprint density at radius 2 is 1.96 bits per heavy atom. The summed E-state index contributed by atoms with van der Waals surface area (Å²) in [4.78, 5) is 18.4. The fourth-order valence-electron chi connectivity index (χ4n) is 3.42. The average Bonchev–Trinajstić information content (AvgIpc) is 3.17. The van der Waals surface area contributed by atoms with Gasteiger partial charge >= 0.3 is 5.69 Å². The van der Waals surface area contributed by atoms with Crippen molar-refractivity contribution in [2.24, 2.45) is 0 Å². The van der Waals surface area contributed by atoms with Crippen LogP contribution in [0.15, 0.2) is 51.6 Å². The summed E-state index contributed by atoms with van der Waals surface area (Å²) in [5.41, 5.74) is 4.94. The van der Waals surface area contributed by atoms with E-state index in [1.54, 1.807) is 23.1 Å². The van der Waals surface area contributed by atoms with Crippen LogP contribution in [0.5, 0.6) is 0 Å². The van der Waals surface area contributed by atoms with E-state index in [1.807, 2.05) is 10.6 Å². The zero-order chi connectivity index (χ0) is 17.9. The summed E-state index contributed by atoms with van der Waals surface area (Å²) < 4.78 is 1.90. The van der Waals surface area contributed by atoms with Gasteiger partial charge in [0.25, 0.3) is 0 Å². The van der Waals surface area contributed by atoms with Crippen molar-refractivity contribution in [1.29, 1.82) is 0 Å². The van der Waals surface area contributed by atoms with Crippen LogP contribution in [-0.2, 0) is 25.1 Å². The number of benzene rings is 1. The summed E-state index contributed by atoms with van der Waals surface area (Å²) >= 11 is 3.40. The summed E-state index contributed by atoms with van der Waals surface area (Å²) in [5.74, 6) is 0.855. The van der Waals surface area contributed by atoms with Crippen molar-refractivity contribution in [3.05, 3.63) is 79.5 Å². The molecule has 0 saturated heterocycles. The number of hydrogen-bond donors (Lipinski definition) is 0. The molecule has 5 heteroatoms. The fraction of sp³-hybridized carbons (Fsp3) is 0.333. The summed E-state index contributed by atoms with van der Waals surface area (Å²) in [6.07, 6.45) is 4.35. The van der Waals surface area contributed by atoms with E-state index < -0.39 is 0 Å². The van der Waals surface area contributed by atoms with Gasteiger partial charge in [-0.15, -0.1) is 23.1 Å². The molecule has 134 valence electrons. The molecule has 3 aromatic rings. The van der Waals surface area contributed by atoms with Gasteiger partial charge in [0, 0.05) is 21.9 Å². The van der Waals surface area contributed by atoms with Crippen molar-refractivity contribution in [1.82, 2.24) is 9.55 Å². The fourth-order valence-corrected chi connectivity index (χ4v) is 5.15. The highest BCUT2D eigenvalue weighted by molar-refractivity contribution is 7.98. The zero-order valence-corrected chi connectivity index (χ0v) is 16.5. The number of fused-ring (bicyclic) bond motifs is 1. The second kappa shape index (κ2) is 7.80. The number of aryl methyl sites for hydroxylation is 1. The van der Waals surface area contributed by atoms with Crippen LogP contribution in [0, 0.1) is 6.92 Å². The molecule has 2 aromatic heterocycles. The third kappa shape index (κ3) is 3.79. The minimum atomic E-state index is -0.106. The van der Waals surface area contributed by atoms with Gasteiger partial charge in [-0.1, -0.05) is 35.9 Å². The van der Waals surface area contributed by atoms with Gasteiger partial charge in [-0.05, 0) is 49.6 Å². The number of nitrogens with zero attached hydrogens (tertiary/aromatic N) is 2. The lowest BCUT2D eigenvalue weighted by Gasteiger charge is -2.22. The Bertz CT molecular complexity index is 943. The van der Waals surface area contributed by atoms with Crippen LogP contribution in [0.2, 0.25) is 0 Å².